The van der Waals surface area contributed by atoms with Gasteiger partial charge in [0.05, 0.1) is 0 Å². The fourth-order valence-electron chi connectivity index (χ4n) is 2.90. The van der Waals surface area contributed by atoms with E-state index in [9.17, 15) is 0 Å². The third-order valence-corrected chi connectivity index (χ3v) is 4.01. The lowest BCUT2D eigenvalue weighted by atomic mass is 9.78. The number of aliphatic hydroxyl groups is 2. The van der Waals surface area contributed by atoms with E-state index in [4.69, 9.17) is 10.2 Å². The summed E-state index contributed by atoms with van der Waals surface area (Å²) in [5.74, 6) is 1.86. The summed E-state index contributed by atoms with van der Waals surface area (Å²) >= 11 is 0. The summed E-state index contributed by atoms with van der Waals surface area (Å²) < 4.78 is 0. The standard InChI is InChI=1S/C14H28O2/c15-11-3-1-5-13-7-9-14(10-8-13)6-2-4-12-16/h13-16H,1-12H2. The van der Waals surface area contributed by atoms with Crippen molar-refractivity contribution in [1.29, 1.82) is 0 Å². The van der Waals surface area contributed by atoms with Gasteiger partial charge in [-0.05, 0) is 24.7 Å². The molecule has 1 aliphatic carbocycles. The fraction of sp³-hybridized carbons (Fsp3) is 1.00. The van der Waals surface area contributed by atoms with Crippen molar-refractivity contribution in [2.24, 2.45) is 11.8 Å². The van der Waals surface area contributed by atoms with Crippen molar-refractivity contribution < 1.29 is 10.2 Å². The Kier molecular flexibility index (Phi) is 7.87. The third-order valence-electron chi connectivity index (χ3n) is 4.01. The summed E-state index contributed by atoms with van der Waals surface area (Å²) in [6.07, 6.45) is 12.6. The second-order valence-corrected chi connectivity index (χ2v) is 5.33. The van der Waals surface area contributed by atoms with Gasteiger partial charge >= 0.3 is 0 Å². The molecule has 16 heavy (non-hydrogen) atoms. The predicted molar refractivity (Wildman–Crippen MR) is 67.3 cm³/mol. The maximum Gasteiger partial charge on any atom is 0.0431 e. The molecule has 1 fully saturated rings. The molecule has 0 atom stereocenters. The molecule has 1 aliphatic rings. The summed E-state index contributed by atoms with van der Waals surface area (Å²) in [5.41, 5.74) is 0. The van der Waals surface area contributed by atoms with Gasteiger partial charge in [0, 0.05) is 13.2 Å². The molecule has 0 heterocycles. The number of aliphatic hydroxyl groups excluding tert-OH is 2. The molecule has 2 heteroatoms. The third kappa shape index (κ3) is 5.86. The van der Waals surface area contributed by atoms with Gasteiger partial charge < -0.3 is 10.2 Å². The van der Waals surface area contributed by atoms with Crippen molar-refractivity contribution in [2.45, 2.75) is 64.2 Å². The number of hydrogen-bond donors (Lipinski definition) is 2. The van der Waals surface area contributed by atoms with Crippen LogP contribution in [0.4, 0.5) is 0 Å². The van der Waals surface area contributed by atoms with Crippen LogP contribution < -0.4 is 0 Å². The molecule has 0 radical (unpaired) electrons. The lowest BCUT2D eigenvalue weighted by Crippen LogP contribution is -2.14. The Morgan fingerprint density at radius 3 is 1.31 bits per heavy atom. The smallest absolute Gasteiger partial charge is 0.0431 e. The van der Waals surface area contributed by atoms with Crippen LogP contribution in [0.15, 0.2) is 0 Å². The average molecular weight is 228 g/mol. The van der Waals surface area contributed by atoms with Gasteiger partial charge in [-0.3, -0.25) is 0 Å². The van der Waals surface area contributed by atoms with E-state index in [-0.39, 0.29) is 0 Å². The van der Waals surface area contributed by atoms with Crippen LogP contribution in [0.1, 0.15) is 64.2 Å². The van der Waals surface area contributed by atoms with E-state index in [0.717, 1.165) is 24.7 Å². The van der Waals surface area contributed by atoms with Crippen molar-refractivity contribution in [3.63, 3.8) is 0 Å². The van der Waals surface area contributed by atoms with Gasteiger partial charge in [0.1, 0.15) is 0 Å². The van der Waals surface area contributed by atoms with Gasteiger partial charge in [-0.25, -0.2) is 0 Å². The van der Waals surface area contributed by atoms with E-state index in [2.05, 4.69) is 0 Å². The van der Waals surface area contributed by atoms with E-state index < -0.39 is 0 Å². The molecule has 0 bridgehead atoms. The highest BCUT2D eigenvalue weighted by Crippen LogP contribution is 2.34. The Labute approximate surface area is 100 Å². The zero-order chi connectivity index (χ0) is 11.6. The van der Waals surface area contributed by atoms with Crippen LogP contribution in [0.5, 0.6) is 0 Å². The Balaban J connectivity index is 2.00. The number of unbranched alkanes of at least 4 members (excludes halogenated alkanes) is 2. The van der Waals surface area contributed by atoms with Crippen molar-refractivity contribution in [1.82, 2.24) is 0 Å². The highest BCUT2D eigenvalue weighted by Gasteiger charge is 2.20. The van der Waals surface area contributed by atoms with Crippen molar-refractivity contribution >= 4 is 0 Å². The molecule has 0 aromatic heterocycles. The largest absolute Gasteiger partial charge is 0.396 e. The first kappa shape index (κ1) is 14.0. The summed E-state index contributed by atoms with van der Waals surface area (Å²) in [4.78, 5) is 0. The van der Waals surface area contributed by atoms with E-state index >= 15 is 0 Å². The SMILES string of the molecule is OCCCCC1CCC(CCCCO)CC1. The average Bonchev–Trinajstić information content (AvgIpc) is 2.32. The minimum atomic E-state index is 0.358. The molecule has 1 rings (SSSR count). The summed E-state index contributed by atoms with van der Waals surface area (Å²) in [6.45, 7) is 0.715. The molecular formula is C14H28O2. The first-order chi connectivity index (χ1) is 7.86. The molecule has 0 aromatic rings. The quantitative estimate of drug-likeness (QED) is 0.627. The molecule has 1 saturated carbocycles. The Bertz CT molecular complexity index is 133. The summed E-state index contributed by atoms with van der Waals surface area (Å²) in [5, 5.41) is 17.5. The topological polar surface area (TPSA) is 40.5 Å². The van der Waals surface area contributed by atoms with Crippen LogP contribution in [0, 0.1) is 11.8 Å². The van der Waals surface area contributed by atoms with E-state index in [1.165, 1.54) is 51.4 Å². The van der Waals surface area contributed by atoms with Gasteiger partial charge in [0.15, 0.2) is 0 Å². The van der Waals surface area contributed by atoms with Crippen LogP contribution >= 0.6 is 0 Å². The minimum absolute atomic E-state index is 0.358. The van der Waals surface area contributed by atoms with Crippen molar-refractivity contribution in [3.05, 3.63) is 0 Å². The second kappa shape index (κ2) is 9.00. The molecule has 0 saturated heterocycles. The van der Waals surface area contributed by atoms with E-state index in [1.807, 2.05) is 0 Å². The molecular weight excluding hydrogens is 200 g/mol. The minimum Gasteiger partial charge on any atom is -0.396 e. The Morgan fingerprint density at radius 2 is 1.00 bits per heavy atom. The van der Waals surface area contributed by atoms with Gasteiger partial charge in [-0.2, -0.15) is 0 Å². The highest BCUT2D eigenvalue weighted by molar-refractivity contribution is 4.72. The maximum atomic E-state index is 8.74. The summed E-state index contributed by atoms with van der Waals surface area (Å²) in [7, 11) is 0. The van der Waals surface area contributed by atoms with E-state index in [0.29, 0.717) is 13.2 Å². The van der Waals surface area contributed by atoms with Gasteiger partial charge in [0.25, 0.3) is 0 Å². The van der Waals surface area contributed by atoms with Crippen LogP contribution in [-0.4, -0.2) is 23.4 Å². The first-order valence-corrected chi connectivity index (χ1v) is 7.08. The van der Waals surface area contributed by atoms with E-state index in [1.54, 1.807) is 0 Å². The van der Waals surface area contributed by atoms with Gasteiger partial charge in [0.2, 0.25) is 0 Å². The second-order valence-electron chi connectivity index (χ2n) is 5.33. The zero-order valence-electron chi connectivity index (χ0n) is 10.5. The zero-order valence-corrected chi connectivity index (χ0v) is 10.5. The molecule has 0 amide bonds. The molecule has 0 spiro atoms. The van der Waals surface area contributed by atoms with Crippen LogP contribution in [-0.2, 0) is 0 Å². The number of rotatable bonds is 8. The summed E-state index contributed by atoms with van der Waals surface area (Å²) in [6, 6.07) is 0. The monoisotopic (exact) mass is 228 g/mol. The number of hydrogen-bond acceptors (Lipinski definition) is 2. The van der Waals surface area contributed by atoms with Gasteiger partial charge in [-0.15, -0.1) is 0 Å². The molecule has 2 nitrogen and oxygen atoms in total. The molecule has 0 unspecified atom stereocenters. The Hall–Kier alpha value is -0.0800. The van der Waals surface area contributed by atoms with Crippen LogP contribution in [0.25, 0.3) is 0 Å². The predicted octanol–water partition coefficient (Wildman–Crippen LogP) is 3.12. The van der Waals surface area contributed by atoms with Crippen molar-refractivity contribution in [3.8, 4) is 0 Å². The fourth-order valence-corrected chi connectivity index (χ4v) is 2.90. The molecule has 2 N–H and O–H groups in total. The van der Waals surface area contributed by atoms with Gasteiger partial charge in [-0.1, -0.05) is 51.4 Å². The van der Waals surface area contributed by atoms with Crippen molar-refractivity contribution in [2.75, 3.05) is 13.2 Å². The lowest BCUT2D eigenvalue weighted by molar-refractivity contribution is 0.226. The highest BCUT2D eigenvalue weighted by atomic mass is 16.3. The normalized spacial score (nSPS) is 25.9. The first-order valence-electron chi connectivity index (χ1n) is 7.08. The maximum absolute atomic E-state index is 8.74. The molecule has 0 aromatic carbocycles. The molecule has 0 aliphatic heterocycles. The molecule has 96 valence electrons. The van der Waals surface area contributed by atoms with Crippen LogP contribution in [0.2, 0.25) is 0 Å². The lowest BCUT2D eigenvalue weighted by Gasteiger charge is -2.28. The Morgan fingerprint density at radius 1 is 0.625 bits per heavy atom. The van der Waals surface area contributed by atoms with Crippen LogP contribution in [0.3, 0.4) is 0 Å².